The molecule has 1 N–H and O–H groups in total. The molecule has 2 saturated heterocycles. The number of carbonyl (C=O) groups excluding carboxylic acids is 2. The SMILES string of the molecule is CC(C(=O)Nc1ccc(C(F)(F)F)cc1)N1CCC(C(=O)N2CCOCC2)CC1. The van der Waals surface area contributed by atoms with Gasteiger partial charge in [-0.3, -0.25) is 14.5 Å². The molecule has 1 unspecified atom stereocenters. The quantitative estimate of drug-likeness (QED) is 0.824. The molecule has 2 amide bonds. The highest BCUT2D eigenvalue weighted by atomic mass is 19.4. The summed E-state index contributed by atoms with van der Waals surface area (Å²) in [7, 11) is 0. The van der Waals surface area contributed by atoms with Gasteiger partial charge in [-0.1, -0.05) is 0 Å². The van der Waals surface area contributed by atoms with Crippen molar-refractivity contribution >= 4 is 17.5 Å². The summed E-state index contributed by atoms with van der Waals surface area (Å²) >= 11 is 0. The van der Waals surface area contributed by atoms with E-state index in [4.69, 9.17) is 4.74 Å². The molecule has 3 rings (SSSR count). The van der Waals surface area contributed by atoms with Crippen molar-refractivity contribution in [1.82, 2.24) is 9.80 Å². The molecular formula is C20H26F3N3O3. The first-order chi connectivity index (χ1) is 13.8. The van der Waals surface area contributed by atoms with Gasteiger partial charge < -0.3 is 15.0 Å². The number of hydrogen-bond donors (Lipinski definition) is 1. The van der Waals surface area contributed by atoms with Crippen LogP contribution in [0.15, 0.2) is 24.3 Å². The standard InChI is InChI=1S/C20H26F3N3O3/c1-14(18(27)24-17-4-2-16(3-5-17)20(21,22)23)25-8-6-15(7-9-25)19(28)26-10-12-29-13-11-26/h2-5,14-15H,6-13H2,1H3,(H,24,27). The number of ether oxygens (including phenoxy) is 1. The first kappa shape index (κ1) is 21.6. The first-order valence-electron chi connectivity index (χ1n) is 9.84. The summed E-state index contributed by atoms with van der Waals surface area (Å²) in [5.74, 6) is -0.146. The van der Waals surface area contributed by atoms with Crippen molar-refractivity contribution in [2.75, 3.05) is 44.7 Å². The van der Waals surface area contributed by atoms with Crippen LogP contribution >= 0.6 is 0 Å². The van der Waals surface area contributed by atoms with E-state index >= 15 is 0 Å². The Kier molecular flexibility index (Phi) is 6.79. The lowest BCUT2D eigenvalue weighted by Gasteiger charge is -2.37. The third-order valence-electron chi connectivity index (χ3n) is 5.61. The maximum atomic E-state index is 12.6. The van der Waals surface area contributed by atoms with E-state index in [0.717, 1.165) is 12.1 Å². The van der Waals surface area contributed by atoms with Crippen molar-refractivity contribution in [2.45, 2.75) is 32.0 Å². The Bertz CT molecular complexity index is 710. The van der Waals surface area contributed by atoms with E-state index < -0.39 is 17.8 Å². The van der Waals surface area contributed by atoms with E-state index in [1.807, 2.05) is 9.80 Å². The molecule has 2 aliphatic heterocycles. The van der Waals surface area contributed by atoms with Crippen molar-refractivity contribution in [3.05, 3.63) is 29.8 Å². The third-order valence-corrected chi connectivity index (χ3v) is 5.61. The first-order valence-corrected chi connectivity index (χ1v) is 9.84. The largest absolute Gasteiger partial charge is 0.416 e. The van der Waals surface area contributed by atoms with Gasteiger partial charge in [0.05, 0.1) is 24.8 Å². The molecule has 1 aromatic carbocycles. The molecule has 160 valence electrons. The molecule has 0 radical (unpaired) electrons. The Labute approximate surface area is 168 Å². The maximum absolute atomic E-state index is 12.6. The lowest BCUT2D eigenvalue weighted by Crippen LogP contribution is -2.50. The molecule has 0 aromatic heterocycles. The van der Waals surface area contributed by atoms with Gasteiger partial charge in [-0.25, -0.2) is 0 Å². The number of benzene rings is 1. The zero-order valence-corrected chi connectivity index (χ0v) is 16.4. The highest BCUT2D eigenvalue weighted by Crippen LogP contribution is 2.30. The number of nitrogens with one attached hydrogen (secondary N) is 1. The van der Waals surface area contributed by atoms with Gasteiger partial charge in [0.1, 0.15) is 0 Å². The number of amides is 2. The zero-order valence-electron chi connectivity index (χ0n) is 16.4. The minimum Gasteiger partial charge on any atom is -0.378 e. The maximum Gasteiger partial charge on any atom is 0.416 e. The Morgan fingerprint density at radius 3 is 2.21 bits per heavy atom. The van der Waals surface area contributed by atoms with E-state index in [2.05, 4.69) is 5.32 Å². The molecule has 0 aliphatic carbocycles. The van der Waals surface area contributed by atoms with Crippen molar-refractivity contribution < 1.29 is 27.5 Å². The molecule has 9 heteroatoms. The van der Waals surface area contributed by atoms with Crippen molar-refractivity contribution in [3.8, 4) is 0 Å². The Hall–Kier alpha value is -2.13. The summed E-state index contributed by atoms with van der Waals surface area (Å²) in [4.78, 5) is 28.9. The number of morpholine rings is 1. The van der Waals surface area contributed by atoms with Gasteiger partial charge in [-0.15, -0.1) is 0 Å². The van der Waals surface area contributed by atoms with Crippen LogP contribution in [0, 0.1) is 5.92 Å². The summed E-state index contributed by atoms with van der Waals surface area (Å²) in [6.45, 7) is 5.43. The fraction of sp³-hybridized carbons (Fsp3) is 0.600. The van der Waals surface area contributed by atoms with Gasteiger partial charge in [0.25, 0.3) is 0 Å². The van der Waals surface area contributed by atoms with Gasteiger partial charge in [0.15, 0.2) is 0 Å². The van der Waals surface area contributed by atoms with E-state index in [1.165, 1.54) is 12.1 Å². The predicted octanol–water partition coefficient (Wildman–Crippen LogP) is 2.60. The molecule has 0 bridgehead atoms. The number of piperidine rings is 1. The van der Waals surface area contributed by atoms with Crippen LogP contribution in [0.1, 0.15) is 25.3 Å². The van der Waals surface area contributed by atoms with Crippen molar-refractivity contribution in [1.29, 1.82) is 0 Å². The van der Waals surface area contributed by atoms with Gasteiger partial charge in [0, 0.05) is 24.7 Å². The number of anilines is 1. The highest BCUT2D eigenvalue weighted by Gasteiger charge is 2.33. The number of rotatable bonds is 4. The minimum absolute atomic E-state index is 0.0328. The summed E-state index contributed by atoms with van der Waals surface area (Å²) in [5.41, 5.74) is -0.428. The molecule has 29 heavy (non-hydrogen) atoms. The number of nitrogens with zero attached hydrogens (tertiary/aromatic N) is 2. The second-order valence-corrected chi connectivity index (χ2v) is 7.49. The molecule has 0 saturated carbocycles. The molecule has 2 aliphatic rings. The third kappa shape index (κ3) is 5.48. The van der Waals surface area contributed by atoms with Crippen LogP contribution in [-0.4, -0.2) is 67.0 Å². The number of carbonyl (C=O) groups is 2. The smallest absolute Gasteiger partial charge is 0.378 e. The van der Waals surface area contributed by atoms with E-state index in [1.54, 1.807) is 6.92 Å². The lowest BCUT2D eigenvalue weighted by atomic mass is 9.94. The lowest BCUT2D eigenvalue weighted by molar-refractivity contribution is -0.141. The van der Waals surface area contributed by atoms with Gasteiger partial charge in [0.2, 0.25) is 11.8 Å². The van der Waals surface area contributed by atoms with Gasteiger partial charge in [-0.05, 0) is 57.1 Å². The van der Waals surface area contributed by atoms with Crippen LogP contribution in [-0.2, 0) is 20.5 Å². The average molecular weight is 413 g/mol. The van der Waals surface area contributed by atoms with E-state index in [-0.39, 0.29) is 17.7 Å². The van der Waals surface area contributed by atoms with Crippen LogP contribution in [0.4, 0.5) is 18.9 Å². The molecule has 6 nitrogen and oxygen atoms in total. The zero-order chi connectivity index (χ0) is 21.0. The Morgan fingerprint density at radius 2 is 1.66 bits per heavy atom. The number of hydrogen-bond acceptors (Lipinski definition) is 4. The molecule has 2 fully saturated rings. The van der Waals surface area contributed by atoms with Crippen LogP contribution in [0.25, 0.3) is 0 Å². The summed E-state index contributed by atoms with van der Waals surface area (Å²) in [5, 5.41) is 2.67. The van der Waals surface area contributed by atoms with Crippen LogP contribution in [0.5, 0.6) is 0 Å². The summed E-state index contributed by atoms with van der Waals surface area (Å²) < 4.78 is 43.2. The Morgan fingerprint density at radius 1 is 1.07 bits per heavy atom. The molecule has 2 heterocycles. The number of alkyl halides is 3. The number of likely N-dealkylation sites (tertiary alicyclic amines) is 1. The fourth-order valence-electron chi connectivity index (χ4n) is 3.73. The van der Waals surface area contributed by atoms with Gasteiger partial charge >= 0.3 is 6.18 Å². The minimum atomic E-state index is -4.40. The molecule has 0 spiro atoms. The van der Waals surface area contributed by atoms with Crippen LogP contribution in [0.2, 0.25) is 0 Å². The second-order valence-electron chi connectivity index (χ2n) is 7.49. The monoisotopic (exact) mass is 413 g/mol. The van der Waals surface area contributed by atoms with Crippen molar-refractivity contribution in [3.63, 3.8) is 0 Å². The number of halogens is 3. The normalized spacial score (nSPS) is 20.3. The van der Waals surface area contributed by atoms with Crippen LogP contribution < -0.4 is 5.32 Å². The van der Waals surface area contributed by atoms with Gasteiger partial charge in [-0.2, -0.15) is 13.2 Å². The average Bonchev–Trinajstić information content (AvgIpc) is 2.73. The highest BCUT2D eigenvalue weighted by molar-refractivity contribution is 5.94. The summed E-state index contributed by atoms with van der Waals surface area (Å²) in [6, 6.07) is 3.96. The Balaban J connectivity index is 1.49. The summed E-state index contributed by atoms with van der Waals surface area (Å²) in [6.07, 6.45) is -3.03. The molecule has 1 aromatic rings. The predicted molar refractivity (Wildman–Crippen MR) is 101 cm³/mol. The van der Waals surface area contributed by atoms with Crippen molar-refractivity contribution in [2.24, 2.45) is 5.92 Å². The topological polar surface area (TPSA) is 61.9 Å². The second kappa shape index (κ2) is 9.13. The van der Waals surface area contributed by atoms with E-state index in [0.29, 0.717) is 57.9 Å². The fourth-order valence-corrected chi connectivity index (χ4v) is 3.73. The molecular weight excluding hydrogens is 387 g/mol. The molecule has 1 atom stereocenters. The van der Waals surface area contributed by atoms with E-state index in [9.17, 15) is 22.8 Å². The van der Waals surface area contributed by atoms with Crippen LogP contribution in [0.3, 0.4) is 0 Å².